The fourth-order valence-corrected chi connectivity index (χ4v) is 2.92. The van der Waals surface area contributed by atoms with E-state index in [4.69, 9.17) is 0 Å². The van der Waals surface area contributed by atoms with Gasteiger partial charge < -0.3 is 10.6 Å². The van der Waals surface area contributed by atoms with Crippen molar-refractivity contribution in [1.29, 1.82) is 0 Å². The number of amides is 1. The number of aromatic nitrogens is 1. The molecule has 0 spiro atoms. The molecule has 0 unspecified atom stereocenters. The zero-order chi connectivity index (χ0) is 15.6. The molecule has 2 N–H and O–H groups in total. The Hall–Kier alpha value is -1.58. The van der Waals surface area contributed by atoms with E-state index in [-0.39, 0.29) is 5.91 Å². The third kappa shape index (κ3) is 5.66. The van der Waals surface area contributed by atoms with Gasteiger partial charge in [0, 0.05) is 18.8 Å². The molecule has 0 atom stereocenters. The molecule has 1 aromatic heterocycles. The van der Waals surface area contributed by atoms with Crippen molar-refractivity contribution in [3.63, 3.8) is 0 Å². The first kappa shape index (κ1) is 16.8. The molecule has 0 aliphatic heterocycles. The van der Waals surface area contributed by atoms with Crippen molar-refractivity contribution in [3.05, 3.63) is 23.9 Å². The fourth-order valence-electron chi connectivity index (χ4n) is 2.92. The Bertz CT molecular complexity index is 436. The standard InChI is InChI=1S/C18H29N3O/c1-2-3-8-13-19-17-12-11-15(14-20-17)18(22)21-16-9-6-4-5-7-10-16/h11-12,14,16H,2-10,13H2,1H3,(H,19,20)(H,21,22). The molecule has 1 aliphatic rings. The van der Waals surface area contributed by atoms with Gasteiger partial charge in [-0.3, -0.25) is 4.79 Å². The van der Waals surface area contributed by atoms with E-state index in [1.165, 1.54) is 38.5 Å². The van der Waals surface area contributed by atoms with Gasteiger partial charge in [0.2, 0.25) is 0 Å². The molecule has 0 radical (unpaired) electrons. The molecule has 0 bridgehead atoms. The molecule has 1 amide bonds. The molecular formula is C18H29N3O. The minimum atomic E-state index is 0.0110. The summed E-state index contributed by atoms with van der Waals surface area (Å²) in [6.45, 7) is 3.13. The molecular weight excluding hydrogens is 274 g/mol. The Labute approximate surface area is 134 Å². The van der Waals surface area contributed by atoms with Gasteiger partial charge in [0.25, 0.3) is 5.91 Å². The number of rotatable bonds is 7. The number of carbonyl (C=O) groups excluding carboxylic acids is 1. The Morgan fingerprint density at radius 2 is 1.95 bits per heavy atom. The number of nitrogens with zero attached hydrogens (tertiary/aromatic N) is 1. The molecule has 1 aliphatic carbocycles. The first-order valence-corrected chi connectivity index (χ1v) is 8.80. The highest BCUT2D eigenvalue weighted by molar-refractivity contribution is 5.94. The predicted molar refractivity (Wildman–Crippen MR) is 91.2 cm³/mol. The van der Waals surface area contributed by atoms with E-state index < -0.39 is 0 Å². The van der Waals surface area contributed by atoms with Crippen molar-refractivity contribution in [3.8, 4) is 0 Å². The highest BCUT2D eigenvalue weighted by atomic mass is 16.1. The summed E-state index contributed by atoms with van der Waals surface area (Å²) in [5.74, 6) is 0.860. The van der Waals surface area contributed by atoms with Crippen LogP contribution in [0.2, 0.25) is 0 Å². The minimum Gasteiger partial charge on any atom is -0.370 e. The summed E-state index contributed by atoms with van der Waals surface area (Å²) < 4.78 is 0. The van der Waals surface area contributed by atoms with Gasteiger partial charge >= 0.3 is 0 Å². The zero-order valence-electron chi connectivity index (χ0n) is 13.7. The first-order valence-electron chi connectivity index (χ1n) is 8.80. The summed E-state index contributed by atoms with van der Waals surface area (Å²) in [6.07, 6.45) is 12.5. The van der Waals surface area contributed by atoms with E-state index in [2.05, 4.69) is 22.5 Å². The van der Waals surface area contributed by atoms with E-state index in [1.54, 1.807) is 6.20 Å². The van der Waals surface area contributed by atoms with Crippen LogP contribution in [-0.4, -0.2) is 23.5 Å². The van der Waals surface area contributed by atoms with Crippen molar-refractivity contribution in [2.45, 2.75) is 70.8 Å². The second-order valence-corrected chi connectivity index (χ2v) is 6.23. The van der Waals surface area contributed by atoms with Crippen LogP contribution in [-0.2, 0) is 0 Å². The van der Waals surface area contributed by atoms with E-state index in [9.17, 15) is 4.79 Å². The number of unbranched alkanes of at least 4 members (excludes halogenated alkanes) is 2. The van der Waals surface area contributed by atoms with Gasteiger partial charge in [-0.2, -0.15) is 0 Å². The second-order valence-electron chi connectivity index (χ2n) is 6.23. The normalized spacial score (nSPS) is 16.0. The number of carbonyl (C=O) groups is 1. The maximum atomic E-state index is 12.3. The molecule has 1 aromatic rings. The highest BCUT2D eigenvalue weighted by Crippen LogP contribution is 2.17. The molecule has 1 saturated carbocycles. The summed E-state index contributed by atoms with van der Waals surface area (Å²) in [6, 6.07) is 4.09. The molecule has 122 valence electrons. The lowest BCUT2D eigenvalue weighted by Gasteiger charge is -2.16. The van der Waals surface area contributed by atoms with E-state index in [0.717, 1.165) is 31.6 Å². The maximum absolute atomic E-state index is 12.3. The van der Waals surface area contributed by atoms with Crippen LogP contribution in [0.5, 0.6) is 0 Å². The first-order chi connectivity index (χ1) is 10.8. The minimum absolute atomic E-state index is 0.0110. The van der Waals surface area contributed by atoms with Crippen LogP contribution < -0.4 is 10.6 Å². The van der Waals surface area contributed by atoms with Crippen LogP contribution in [0.3, 0.4) is 0 Å². The molecule has 4 heteroatoms. The van der Waals surface area contributed by atoms with Gasteiger partial charge in [-0.05, 0) is 31.4 Å². The van der Waals surface area contributed by atoms with E-state index in [0.29, 0.717) is 11.6 Å². The van der Waals surface area contributed by atoms with Crippen molar-refractivity contribution in [2.75, 3.05) is 11.9 Å². The number of hydrogen-bond acceptors (Lipinski definition) is 3. The number of pyridine rings is 1. The Kier molecular flexibility index (Phi) is 7.20. The number of anilines is 1. The molecule has 4 nitrogen and oxygen atoms in total. The van der Waals surface area contributed by atoms with Gasteiger partial charge in [-0.15, -0.1) is 0 Å². The summed E-state index contributed by atoms with van der Waals surface area (Å²) >= 11 is 0. The monoisotopic (exact) mass is 303 g/mol. The SMILES string of the molecule is CCCCCNc1ccc(C(=O)NC2CCCCCC2)cn1. The number of nitrogens with one attached hydrogen (secondary N) is 2. The quantitative estimate of drug-likeness (QED) is 0.588. The summed E-state index contributed by atoms with van der Waals surface area (Å²) in [5, 5.41) is 6.45. The average Bonchev–Trinajstić information content (AvgIpc) is 2.81. The topological polar surface area (TPSA) is 54.0 Å². The Balaban J connectivity index is 1.79. The third-order valence-electron chi connectivity index (χ3n) is 4.30. The van der Waals surface area contributed by atoms with Crippen molar-refractivity contribution < 1.29 is 4.79 Å². The lowest BCUT2D eigenvalue weighted by molar-refractivity contribution is 0.0933. The van der Waals surface area contributed by atoms with Crippen LogP contribution in [0.4, 0.5) is 5.82 Å². The third-order valence-corrected chi connectivity index (χ3v) is 4.30. The largest absolute Gasteiger partial charge is 0.370 e. The summed E-state index contributed by atoms with van der Waals surface area (Å²) in [5.41, 5.74) is 0.656. The van der Waals surface area contributed by atoms with Crippen molar-refractivity contribution in [1.82, 2.24) is 10.3 Å². The van der Waals surface area contributed by atoms with Crippen molar-refractivity contribution in [2.24, 2.45) is 0 Å². The van der Waals surface area contributed by atoms with Gasteiger partial charge in [-0.1, -0.05) is 45.4 Å². The summed E-state index contributed by atoms with van der Waals surface area (Å²) in [7, 11) is 0. The van der Waals surface area contributed by atoms with Crippen LogP contribution in [0.25, 0.3) is 0 Å². The maximum Gasteiger partial charge on any atom is 0.253 e. The Morgan fingerprint density at radius 3 is 2.59 bits per heavy atom. The molecule has 1 heterocycles. The van der Waals surface area contributed by atoms with Gasteiger partial charge in [0.05, 0.1) is 5.56 Å². The predicted octanol–water partition coefficient (Wildman–Crippen LogP) is 4.14. The van der Waals surface area contributed by atoms with E-state index in [1.807, 2.05) is 12.1 Å². The van der Waals surface area contributed by atoms with E-state index >= 15 is 0 Å². The van der Waals surface area contributed by atoms with Crippen LogP contribution in [0.15, 0.2) is 18.3 Å². The zero-order valence-corrected chi connectivity index (χ0v) is 13.7. The highest BCUT2D eigenvalue weighted by Gasteiger charge is 2.15. The van der Waals surface area contributed by atoms with Gasteiger partial charge in [0.15, 0.2) is 0 Å². The lowest BCUT2D eigenvalue weighted by atomic mass is 10.1. The van der Waals surface area contributed by atoms with Crippen LogP contribution in [0.1, 0.15) is 75.1 Å². The molecule has 22 heavy (non-hydrogen) atoms. The molecule has 1 fully saturated rings. The van der Waals surface area contributed by atoms with Crippen molar-refractivity contribution >= 4 is 11.7 Å². The van der Waals surface area contributed by atoms with Crippen LogP contribution >= 0.6 is 0 Å². The van der Waals surface area contributed by atoms with Gasteiger partial charge in [-0.25, -0.2) is 4.98 Å². The summed E-state index contributed by atoms with van der Waals surface area (Å²) in [4.78, 5) is 16.6. The average molecular weight is 303 g/mol. The Morgan fingerprint density at radius 1 is 1.18 bits per heavy atom. The van der Waals surface area contributed by atoms with Crippen LogP contribution in [0, 0.1) is 0 Å². The molecule has 0 saturated heterocycles. The second kappa shape index (κ2) is 9.44. The molecule has 2 rings (SSSR count). The lowest BCUT2D eigenvalue weighted by Crippen LogP contribution is -2.34. The smallest absolute Gasteiger partial charge is 0.253 e. The number of hydrogen-bond donors (Lipinski definition) is 2. The van der Waals surface area contributed by atoms with Gasteiger partial charge in [0.1, 0.15) is 5.82 Å². The fraction of sp³-hybridized carbons (Fsp3) is 0.667. The molecule has 0 aromatic carbocycles.